The molecular formula is C41H47IrN2O2S-. The number of aromatic nitrogens is 2. The second-order valence-corrected chi connectivity index (χ2v) is 14.4. The summed E-state index contributed by atoms with van der Waals surface area (Å²) in [5.74, 6) is 0.547. The average Bonchev–Trinajstić information content (AvgIpc) is 3.45. The van der Waals surface area contributed by atoms with Crippen molar-refractivity contribution in [2.45, 2.75) is 92.4 Å². The molecule has 1 radical (unpaired) electrons. The molecule has 1 aliphatic carbocycles. The molecule has 47 heavy (non-hydrogen) atoms. The Morgan fingerprint density at radius 2 is 1.60 bits per heavy atom. The zero-order valence-corrected chi connectivity index (χ0v) is 32.0. The third kappa shape index (κ3) is 7.77. The molecule has 6 heteroatoms. The molecule has 0 saturated heterocycles. The molecular weight excluding hydrogens is 777 g/mol. The summed E-state index contributed by atoms with van der Waals surface area (Å²) in [6, 6.07) is 23.3. The summed E-state index contributed by atoms with van der Waals surface area (Å²) in [5, 5.41) is 13.3. The monoisotopic (exact) mass is 824 g/mol. The van der Waals surface area contributed by atoms with Crippen molar-refractivity contribution < 1.29 is 30.0 Å². The topological polar surface area (TPSA) is 63.1 Å². The molecule has 6 rings (SSSR count). The Labute approximate surface area is 298 Å². The van der Waals surface area contributed by atoms with Gasteiger partial charge in [0.05, 0.1) is 5.76 Å². The van der Waals surface area contributed by atoms with Gasteiger partial charge in [0.15, 0.2) is 5.78 Å². The number of aryl methyl sites for hydroxylation is 2. The van der Waals surface area contributed by atoms with Crippen LogP contribution in [0.2, 0.25) is 0 Å². The van der Waals surface area contributed by atoms with E-state index in [2.05, 4.69) is 86.4 Å². The summed E-state index contributed by atoms with van der Waals surface area (Å²) in [6.45, 7) is 14.9. The van der Waals surface area contributed by atoms with Crippen LogP contribution in [0.1, 0.15) is 90.2 Å². The minimum Gasteiger partial charge on any atom is -0.512 e. The van der Waals surface area contributed by atoms with E-state index < -0.39 is 0 Å². The minimum absolute atomic E-state index is 0. The molecule has 2 aromatic heterocycles. The van der Waals surface area contributed by atoms with Crippen LogP contribution in [0, 0.1) is 17.9 Å². The number of rotatable bonds is 8. The van der Waals surface area contributed by atoms with Gasteiger partial charge >= 0.3 is 0 Å². The van der Waals surface area contributed by atoms with E-state index in [1.165, 1.54) is 44.0 Å². The SMILES string of the molecule is CC(C)(C)c1cc(-c2ncnc3sc4c(c23)-c2ccccc2CC4)[c-]c2ccccc12.CCC(CC)C(=O)/C=C(\O)C(CC)CC.[Ir]. The van der Waals surface area contributed by atoms with Crippen molar-refractivity contribution in [2.75, 3.05) is 0 Å². The molecule has 1 N–H and O–H groups in total. The van der Waals surface area contributed by atoms with E-state index >= 15 is 0 Å². The van der Waals surface area contributed by atoms with Crippen molar-refractivity contribution in [1.29, 1.82) is 0 Å². The van der Waals surface area contributed by atoms with E-state index in [1.54, 1.807) is 6.33 Å². The number of hydrogen-bond donors (Lipinski definition) is 1. The van der Waals surface area contributed by atoms with Crippen molar-refractivity contribution >= 4 is 38.1 Å². The van der Waals surface area contributed by atoms with E-state index in [-0.39, 0.29) is 48.9 Å². The van der Waals surface area contributed by atoms with Crippen molar-refractivity contribution in [2.24, 2.45) is 11.8 Å². The van der Waals surface area contributed by atoms with Crippen molar-refractivity contribution in [3.8, 4) is 22.4 Å². The first-order valence-corrected chi connectivity index (χ1v) is 17.7. The Morgan fingerprint density at radius 3 is 2.28 bits per heavy atom. The Bertz CT molecular complexity index is 1880. The third-order valence-corrected chi connectivity index (χ3v) is 10.5. The number of aliphatic hydroxyl groups is 1. The molecule has 0 spiro atoms. The molecule has 0 fully saturated rings. The number of allylic oxidation sites excluding steroid dienone is 2. The van der Waals surface area contributed by atoms with Gasteiger partial charge in [-0.3, -0.25) is 9.78 Å². The van der Waals surface area contributed by atoms with Crippen LogP contribution in [-0.4, -0.2) is 20.9 Å². The quantitative estimate of drug-likeness (QED) is 0.0962. The number of aliphatic hydroxyl groups excluding tert-OH is 1. The van der Waals surface area contributed by atoms with Crippen LogP contribution >= 0.6 is 11.3 Å². The van der Waals surface area contributed by atoms with Crippen LogP contribution in [-0.2, 0) is 43.2 Å². The van der Waals surface area contributed by atoms with Crippen LogP contribution in [0.25, 0.3) is 43.4 Å². The second-order valence-electron chi connectivity index (χ2n) is 13.4. The van der Waals surface area contributed by atoms with E-state index in [9.17, 15) is 9.90 Å². The molecule has 5 aromatic rings. The fraction of sp³-hybridized carbons (Fsp3) is 0.390. The Morgan fingerprint density at radius 1 is 0.936 bits per heavy atom. The van der Waals surface area contributed by atoms with Gasteiger partial charge in [-0.05, 0) is 55.1 Å². The first-order chi connectivity index (χ1) is 22.1. The predicted molar refractivity (Wildman–Crippen MR) is 195 cm³/mol. The van der Waals surface area contributed by atoms with Crippen molar-refractivity contribution in [1.82, 2.24) is 9.97 Å². The Balaban J connectivity index is 0.000000269. The molecule has 0 bridgehead atoms. The first-order valence-electron chi connectivity index (χ1n) is 16.9. The van der Waals surface area contributed by atoms with Crippen LogP contribution in [0.5, 0.6) is 0 Å². The maximum Gasteiger partial charge on any atom is 0.162 e. The van der Waals surface area contributed by atoms with E-state index in [0.29, 0.717) is 0 Å². The number of fused-ring (bicyclic) bond motifs is 6. The van der Waals surface area contributed by atoms with Gasteiger partial charge in [-0.2, -0.15) is 0 Å². The number of carbonyl (C=O) groups is 1. The summed E-state index contributed by atoms with van der Waals surface area (Å²) >= 11 is 1.82. The van der Waals surface area contributed by atoms with Gasteiger partial charge in [-0.25, -0.2) is 4.98 Å². The minimum atomic E-state index is 0. The summed E-state index contributed by atoms with van der Waals surface area (Å²) in [6.07, 6.45) is 8.78. The van der Waals surface area contributed by atoms with Crippen molar-refractivity contribution in [3.63, 3.8) is 0 Å². The number of carbonyl (C=O) groups excluding carboxylic acids is 1. The molecule has 0 unspecified atom stereocenters. The largest absolute Gasteiger partial charge is 0.512 e. The maximum absolute atomic E-state index is 11.7. The molecule has 0 amide bonds. The van der Waals surface area contributed by atoms with Gasteiger partial charge in [-0.15, -0.1) is 40.5 Å². The number of thiophene rings is 1. The molecule has 249 valence electrons. The van der Waals surface area contributed by atoms with Gasteiger partial charge in [0.1, 0.15) is 11.2 Å². The molecule has 4 nitrogen and oxygen atoms in total. The van der Waals surface area contributed by atoms with Gasteiger partial charge in [0.25, 0.3) is 0 Å². The van der Waals surface area contributed by atoms with Gasteiger partial charge in [-0.1, -0.05) is 102 Å². The Hall–Kier alpha value is -3.18. The van der Waals surface area contributed by atoms with Crippen LogP contribution in [0.15, 0.2) is 72.8 Å². The van der Waals surface area contributed by atoms with Gasteiger partial charge in [0.2, 0.25) is 0 Å². The Kier molecular flexibility index (Phi) is 12.3. The summed E-state index contributed by atoms with van der Waals surface area (Å²) in [7, 11) is 0. The molecule has 0 aliphatic heterocycles. The van der Waals surface area contributed by atoms with E-state index in [0.717, 1.165) is 60.0 Å². The number of nitrogens with zero attached hydrogens (tertiary/aromatic N) is 2. The normalized spacial score (nSPS) is 12.8. The summed E-state index contributed by atoms with van der Waals surface area (Å²) < 4.78 is 0. The third-order valence-electron chi connectivity index (χ3n) is 9.39. The zero-order valence-electron chi connectivity index (χ0n) is 28.7. The predicted octanol–water partition coefficient (Wildman–Crippen LogP) is 11.2. The van der Waals surface area contributed by atoms with E-state index in [4.69, 9.17) is 4.98 Å². The number of benzene rings is 3. The zero-order chi connectivity index (χ0) is 33.0. The fourth-order valence-electron chi connectivity index (χ4n) is 6.63. The first kappa shape index (κ1) is 36.7. The molecule has 0 atom stereocenters. The maximum atomic E-state index is 11.7. The fourth-order valence-corrected chi connectivity index (χ4v) is 7.78. The van der Waals surface area contributed by atoms with Gasteiger partial charge in [0, 0.05) is 59.5 Å². The van der Waals surface area contributed by atoms with Crippen LogP contribution in [0.3, 0.4) is 0 Å². The second kappa shape index (κ2) is 15.8. The van der Waals surface area contributed by atoms with Gasteiger partial charge < -0.3 is 5.11 Å². The molecule has 1 aliphatic rings. The van der Waals surface area contributed by atoms with Crippen LogP contribution in [0.4, 0.5) is 0 Å². The number of ketones is 1. The average molecular weight is 824 g/mol. The smallest absolute Gasteiger partial charge is 0.162 e. The van der Waals surface area contributed by atoms with Crippen LogP contribution < -0.4 is 0 Å². The molecule has 0 saturated carbocycles. The molecule has 3 aromatic carbocycles. The van der Waals surface area contributed by atoms with Crippen molar-refractivity contribution in [3.05, 3.63) is 94.8 Å². The van der Waals surface area contributed by atoms with E-state index in [1.807, 2.05) is 39.0 Å². The molecule has 2 heterocycles. The number of hydrogen-bond acceptors (Lipinski definition) is 5. The standard InChI is InChI=1S/C28H23N2S.C13H24O2.Ir/c1-28(2,3)22-15-19(14-18-9-5-6-10-20(18)22)26-25-24-21-11-7-4-8-17(21)12-13-23(24)31-27(25)30-16-29-26;1-5-10(6-2)12(14)9-13(15)11(7-3)8-4;/h4-11,15-16H,12-13H2,1-3H3;9-11,14H,5-8H2,1-4H3;/q-1;;/b;12-9-;. The summed E-state index contributed by atoms with van der Waals surface area (Å²) in [5.41, 5.74) is 7.49. The summed E-state index contributed by atoms with van der Waals surface area (Å²) in [4.78, 5) is 23.7.